The Balaban J connectivity index is 2.16. The van der Waals surface area contributed by atoms with Crippen LogP contribution < -0.4 is 5.32 Å². The average molecular weight is 338 g/mol. The lowest BCUT2D eigenvalue weighted by Crippen LogP contribution is -2.34. The highest BCUT2D eigenvalue weighted by molar-refractivity contribution is 6.31. The first kappa shape index (κ1) is 17.0. The van der Waals surface area contributed by atoms with Crippen LogP contribution in [0, 0.1) is 10.1 Å². The van der Waals surface area contributed by atoms with Gasteiger partial charge in [0, 0.05) is 17.6 Å². The Morgan fingerprint density at radius 3 is 2.74 bits per heavy atom. The van der Waals surface area contributed by atoms with E-state index in [4.69, 9.17) is 16.0 Å². The van der Waals surface area contributed by atoms with E-state index in [-0.39, 0.29) is 28.9 Å². The summed E-state index contributed by atoms with van der Waals surface area (Å²) >= 11 is 5.83. The second-order valence-electron chi connectivity index (χ2n) is 5.12. The smallest absolute Gasteiger partial charge is 0.282 e. The van der Waals surface area contributed by atoms with Gasteiger partial charge in [-0.15, -0.1) is 0 Å². The summed E-state index contributed by atoms with van der Waals surface area (Å²) in [7, 11) is 3.70. The number of carbonyl (C=O) groups excluding carboxylic acids is 1. The molecule has 2 aromatic rings. The third-order valence-corrected chi connectivity index (χ3v) is 3.59. The molecular formula is C15H16ClN3O4. The molecule has 2 rings (SSSR count). The zero-order valence-corrected chi connectivity index (χ0v) is 13.4. The van der Waals surface area contributed by atoms with Crippen LogP contribution in [-0.4, -0.2) is 36.4 Å². The fourth-order valence-electron chi connectivity index (χ4n) is 2.15. The summed E-state index contributed by atoms with van der Waals surface area (Å²) in [5.74, 6) is 0.133. The Bertz CT molecular complexity index is 701. The Hall–Kier alpha value is -2.38. The quantitative estimate of drug-likeness (QED) is 0.646. The molecule has 1 unspecified atom stereocenters. The molecule has 7 nitrogen and oxygen atoms in total. The molecule has 0 spiro atoms. The van der Waals surface area contributed by atoms with E-state index in [1.54, 1.807) is 18.4 Å². The van der Waals surface area contributed by atoms with Crippen molar-refractivity contribution < 1.29 is 14.1 Å². The minimum Gasteiger partial charge on any atom is -0.468 e. The topological polar surface area (TPSA) is 88.6 Å². The summed E-state index contributed by atoms with van der Waals surface area (Å²) in [6.07, 6.45) is 1.55. The van der Waals surface area contributed by atoms with Crippen molar-refractivity contribution in [3.05, 3.63) is 63.1 Å². The van der Waals surface area contributed by atoms with Gasteiger partial charge in [-0.2, -0.15) is 0 Å². The molecule has 23 heavy (non-hydrogen) atoms. The van der Waals surface area contributed by atoms with E-state index in [2.05, 4.69) is 5.32 Å². The van der Waals surface area contributed by atoms with Crippen LogP contribution in [0.2, 0.25) is 5.02 Å². The Morgan fingerprint density at radius 2 is 2.17 bits per heavy atom. The van der Waals surface area contributed by atoms with Gasteiger partial charge in [0.1, 0.15) is 11.3 Å². The largest absolute Gasteiger partial charge is 0.468 e. The summed E-state index contributed by atoms with van der Waals surface area (Å²) in [6, 6.07) is 7.25. The van der Waals surface area contributed by atoms with Crippen molar-refractivity contribution in [1.29, 1.82) is 0 Å². The molecule has 0 saturated carbocycles. The van der Waals surface area contributed by atoms with E-state index >= 15 is 0 Å². The molecule has 1 atom stereocenters. The van der Waals surface area contributed by atoms with Crippen LogP contribution in [0.1, 0.15) is 22.2 Å². The van der Waals surface area contributed by atoms with Crippen molar-refractivity contribution in [2.24, 2.45) is 0 Å². The molecule has 1 N–H and O–H groups in total. The van der Waals surface area contributed by atoms with Crippen LogP contribution in [0.15, 0.2) is 41.0 Å². The van der Waals surface area contributed by atoms with E-state index in [1.165, 1.54) is 18.2 Å². The van der Waals surface area contributed by atoms with Crippen LogP contribution >= 0.6 is 11.6 Å². The predicted octanol–water partition coefficient (Wildman–Crippen LogP) is 2.87. The molecular weight excluding hydrogens is 322 g/mol. The van der Waals surface area contributed by atoms with E-state index in [1.807, 2.05) is 19.0 Å². The Morgan fingerprint density at radius 1 is 1.43 bits per heavy atom. The highest BCUT2D eigenvalue weighted by Gasteiger charge is 2.23. The van der Waals surface area contributed by atoms with Gasteiger partial charge in [-0.05, 0) is 38.4 Å². The van der Waals surface area contributed by atoms with E-state index in [0.717, 1.165) is 0 Å². The average Bonchev–Trinajstić information content (AvgIpc) is 3.00. The van der Waals surface area contributed by atoms with Crippen molar-refractivity contribution in [1.82, 2.24) is 10.2 Å². The summed E-state index contributed by atoms with van der Waals surface area (Å²) in [5.41, 5.74) is -0.356. The highest BCUT2D eigenvalue weighted by atomic mass is 35.5. The second-order valence-corrected chi connectivity index (χ2v) is 5.56. The van der Waals surface area contributed by atoms with Crippen LogP contribution in [0.5, 0.6) is 0 Å². The highest BCUT2D eigenvalue weighted by Crippen LogP contribution is 2.23. The fraction of sp³-hybridized carbons (Fsp3) is 0.267. The van der Waals surface area contributed by atoms with Gasteiger partial charge in [-0.3, -0.25) is 19.8 Å². The van der Waals surface area contributed by atoms with Gasteiger partial charge in [0.15, 0.2) is 0 Å². The van der Waals surface area contributed by atoms with Crippen molar-refractivity contribution in [3.8, 4) is 0 Å². The number of nitro benzene ring substituents is 1. The number of likely N-dealkylation sites (N-methyl/N-ethyl adjacent to an activating group) is 1. The first-order chi connectivity index (χ1) is 10.9. The van der Waals surface area contributed by atoms with Gasteiger partial charge >= 0.3 is 0 Å². The number of halogens is 1. The number of hydrogen-bond donors (Lipinski definition) is 1. The molecule has 0 radical (unpaired) electrons. The SMILES string of the molecule is CN(C)C(CNC(=O)c1cc(Cl)ccc1[N+](=O)[O-])c1ccco1. The lowest BCUT2D eigenvalue weighted by Gasteiger charge is -2.22. The second kappa shape index (κ2) is 7.26. The number of carbonyl (C=O) groups is 1. The van der Waals surface area contributed by atoms with Gasteiger partial charge in [-0.25, -0.2) is 0 Å². The summed E-state index contributed by atoms with van der Waals surface area (Å²) in [5, 5.41) is 14.0. The van der Waals surface area contributed by atoms with Gasteiger partial charge < -0.3 is 9.73 Å². The summed E-state index contributed by atoms with van der Waals surface area (Å²) in [6.45, 7) is 0.239. The van der Waals surface area contributed by atoms with E-state index in [0.29, 0.717) is 5.76 Å². The van der Waals surface area contributed by atoms with E-state index in [9.17, 15) is 14.9 Å². The normalized spacial score (nSPS) is 12.2. The van der Waals surface area contributed by atoms with Crippen molar-refractivity contribution in [3.63, 3.8) is 0 Å². The zero-order valence-electron chi connectivity index (χ0n) is 12.7. The zero-order chi connectivity index (χ0) is 17.0. The number of benzene rings is 1. The molecule has 0 aliphatic carbocycles. The number of nitro groups is 1. The van der Waals surface area contributed by atoms with Gasteiger partial charge in [0.25, 0.3) is 11.6 Å². The minimum atomic E-state index is -0.610. The summed E-state index contributed by atoms with van der Waals surface area (Å²) in [4.78, 5) is 24.6. The molecule has 0 aliphatic heterocycles. The maximum Gasteiger partial charge on any atom is 0.282 e. The third-order valence-electron chi connectivity index (χ3n) is 3.35. The molecule has 0 bridgehead atoms. The maximum atomic E-state index is 12.3. The van der Waals surface area contributed by atoms with Crippen LogP contribution in [0.25, 0.3) is 0 Å². The van der Waals surface area contributed by atoms with Crippen molar-refractivity contribution in [2.75, 3.05) is 20.6 Å². The Labute approximate surface area is 138 Å². The molecule has 0 saturated heterocycles. The first-order valence-corrected chi connectivity index (χ1v) is 7.20. The number of hydrogen-bond acceptors (Lipinski definition) is 5. The Kier molecular flexibility index (Phi) is 5.36. The number of nitrogens with zero attached hydrogens (tertiary/aromatic N) is 2. The number of amides is 1. The molecule has 8 heteroatoms. The lowest BCUT2D eigenvalue weighted by atomic mass is 10.1. The van der Waals surface area contributed by atoms with Gasteiger partial charge in [0.2, 0.25) is 0 Å². The first-order valence-electron chi connectivity index (χ1n) is 6.82. The van der Waals surface area contributed by atoms with Gasteiger partial charge in [-0.1, -0.05) is 11.6 Å². The number of nitrogens with one attached hydrogen (secondary N) is 1. The maximum absolute atomic E-state index is 12.3. The molecule has 0 fully saturated rings. The van der Waals surface area contributed by atoms with Crippen LogP contribution in [-0.2, 0) is 0 Å². The molecule has 0 aliphatic rings. The number of rotatable bonds is 6. The monoisotopic (exact) mass is 337 g/mol. The lowest BCUT2D eigenvalue weighted by molar-refractivity contribution is -0.385. The third kappa shape index (κ3) is 4.08. The predicted molar refractivity (Wildman–Crippen MR) is 85.6 cm³/mol. The van der Waals surface area contributed by atoms with Crippen LogP contribution in [0.4, 0.5) is 5.69 Å². The van der Waals surface area contributed by atoms with E-state index < -0.39 is 10.8 Å². The van der Waals surface area contributed by atoms with Crippen molar-refractivity contribution in [2.45, 2.75) is 6.04 Å². The molecule has 122 valence electrons. The summed E-state index contributed by atoms with van der Waals surface area (Å²) < 4.78 is 5.35. The minimum absolute atomic E-state index is 0.0700. The van der Waals surface area contributed by atoms with Gasteiger partial charge in [0.05, 0.1) is 17.2 Å². The van der Waals surface area contributed by atoms with Crippen LogP contribution in [0.3, 0.4) is 0 Å². The molecule has 1 amide bonds. The standard InChI is InChI=1S/C15H16ClN3O4/c1-18(2)13(14-4-3-7-23-14)9-17-15(20)11-8-10(16)5-6-12(11)19(21)22/h3-8,13H,9H2,1-2H3,(H,17,20). The molecule has 1 aromatic heterocycles. The fourth-order valence-corrected chi connectivity index (χ4v) is 2.32. The van der Waals surface area contributed by atoms with Crippen molar-refractivity contribution >= 4 is 23.2 Å². The molecule has 1 aromatic carbocycles. The molecule has 1 heterocycles. The number of furan rings is 1.